The van der Waals surface area contributed by atoms with Gasteiger partial charge in [-0.05, 0) is 139 Å². The molecule has 0 aromatic heterocycles. The van der Waals surface area contributed by atoms with Crippen molar-refractivity contribution in [3.05, 3.63) is 287 Å². The highest BCUT2D eigenvalue weighted by molar-refractivity contribution is 5.95. The Morgan fingerprint density at radius 2 is 0.710 bits per heavy atom. The molecule has 0 unspecified atom stereocenters. The number of benzene rings is 10. The lowest BCUT2D eigenvalue weighted by Gasteiger charge is -2.49. The van der Waals surface area contributed by atoms with E-state index in [0.29, 0.717) is 0 Å². The third-order valence-corrected chi connectivity index (χ3v) is 15.7. The minimum absolute atomic E-state index is 0.208. The van der Waals surface area contributed by atoms with Gasteiger partial charge in [0.25, 0.3) is 0 Å². The van der Waals surface area contributed by atoms with Crippen molar-refractivity contribution in [2.75, 3.05) is 9.80 Å². The molecule has 0 radical (unpaired) electrons. The summed E-state index contributed by atoms with van der Waals surface area (Å²) in [6, 6.07) is 90.3. The van der Waals surface area contributed by atoms with Crippen LogP contribution in [0.2, 0.25) is 0 Å². The van der Waals surface area contributed by atoms with Gasteiger partial charge in [0.15, 0.2) is 0 Å². The van der Waals surface area contributed by atoms with Crippen LogP contribution >= 0.6 is 0 Å². The van der Waals surface area contributed by atoms with Crippen LogP contribution in [-0.2, 0) is 16.2 Å². The summed E-state index contributed by atoms with van der Waals surface area (Å²) >= 11 is 0. The molecule has 0 atom stereocenters. The van der Waals surface area contributed by atoms with Gasteiger partial charge in [-0.3, -0.25) is 0 Å². The van der Waals surface area contributed by atoms with Crippen LogP contribution in [0.1, 0.15) is 72.2 Å². The molecule has 69 heavy (non-hydrogen) atoms. The van der Waals surface area contributed by atoms with Gasteiger partial charge in [0.1, 0.15) is 0 Å². The predicted molar refractivity (Wildman–Crippen MR) is 288 cm³/mol. The van der Waals surface area contributed by atoms with E-state index < -0.39 is 5.41 Å². The molecule has 1 aliphatic carbocycles. The Kier molecular flexibility index (Phi) is 9.17. The Morgan fingerprint density at radius 3 is 1.25 bits per heavy atom. The maximum Gasteiger partial charge on any atom is 0.0714 e. The zero-order valence-corrected chi connectivity index (χ0v) is 39.5. The molecular weight excluding hydrogens is 833 g/mol. The van der Waals surface area contributed by atoms with Crippen molar-refractivity contribution < 1.29 is 0 Å². The minimum atomic E-state index is -0.512. The van der Waals surface area contributed by atoms with Crippen LogP contribution in [0.25, 0.3) is 33.4 Å². The fraction of sp³-hybridized carbons (Fsp3) is 0.104. The number of anilines is 6. The normalized spacial score (nSPS) is 15.0. The molecule has 0 fully saturated rings. The zero-order chi connectivity index (χ0) is 46.5. The third-order valence-electron chi connectivity index (χ3n) is 15.7. The van der Waals surface area contributed by atoms with E-state index in [1.165, 1.54) is 95.0 Å². The smallest absolute Gasteiger partial charge is 0.0714 e. The molecule has 0 amide bonds. The Hall–Kier alpha value is -8.20. The second kappa shape index (κ2) is 15.4. The van der Waals surface area contributed by atoms with Crippen LogP contribution in [0.3, 0.4) is 0 Å². The summed E-state index contributed by atoms with van der Waals surface area (Å²) in [5.41, 5.74) is 24.1. The topological polar surface area (TPSA) is 6.48 Å². The number of para-hydroxylation sites is 2. The van der Waals surface area contributed by atoms with Gasteiger partial charge < -0.3 is 9.80 Å². The second-order valence-electron chi connectivity index (χ2n) is 20.1. The average molecular weight is 885 g/mol. The summed E-state index contributed by atoms with van der Waals surface area (Å²) in [4.78, 5) is 4.98. The first-order valence-corrected chi connectivity index (χ1v) is 24.3. The van der Waals surface area contributed by atoms with E-state index in [2.05, 4.69) is 280 Å². The van der Waals surface area contributed by atoms with Crippen LogP contribution in [0.4, 0.5) is 34.1 Å². The lowest BCUT2D eigenvalue weighted by molar-refractivity contribution is 0.598. The zero-order valence-electron chi connectivity index (χ0n) is 39.5. The van der Waals surface area contributed by atoms with Crippen molar-refractivity contribution >= 4 is 34.1 Å². The van der Waals surface area contributed by atoms with Crippen LogP contribution in [0.15, 0.2) is 243 Å². The third kappa shape index (κ3) is 6.04. The molecule has 3 aliphatic rings. The van der Waals surface area contributed by atoms with Crippen molar-refractivity contribution in [1.29, 1.82) is 0 Å². The highest BCUT2D eigenvalue weighted by atomic mass is 15.2. The van der Waals surface area contributed by atoms with Gasteiger partial charge in [0, 0.05) is 27.9 Å². The Morgan fingerprint density at radius 1 is 0.304 bits per heavy atom. The quantitative estimate of drug-likeness (QED) is 0.157. The molecule has 0 N–H and O–H groups in total. The average Bonchev–Trinajstić information content (AvgIpc) is 3.70. The van der Waals surface area contributed by atoms with E-state index in [4.69, 9.17) is 0 Å². The molecule has 2 heterocycles. The minimum Gasteiger partial charge on any atom is -0.310 e. The highest BCUT2D eigenvalue weighted by Crippen LogP contribution is 2.61. The first-order valence-electron chi connectivity index (χ1n) is 24.3. The SMILES string of the molecule is CC1(C)c2ccccc2N2c3ccccc3C(C)(C)c3cc(-c4ccc(N(c5ccc(-c6ccccc6)cc5)c5ccc6c(c5)C(c5ccccc5)(c5ccccc5)c5ccccc5-6)cc4)cc1c32. The summed E-state index contributed by atoms with van der Waals surface area (Å²) in [5.74, 6) is 0. The van der Waals surface area contributed by atoms with Gasteiger partial charge in [-0.25, -0.2) is 0 Å². The number of hydrogen-bond acceptors (Lipinski definition) is 2. The maximum absolute atomic E-state index is 2.54. The number of fused-ring (bicyclic) bond motifs is 7. The van der Waals surface area contributed by atoms with Crippen LogP contribution in [-0.4, -0.2) is 0 Å². The van der Waals surface area contributed by atoms with Crippen molar-refractivity contribution in [2.45, 2.75) is 43.9 Å². The van der Waals surface area contributed by atoms with Crippen LogP contribution in [0.5, 0.6) is 0 Å². The van der Waals surface area contributed by atoms with Gasteiger partial charge in [0.2, 0.25) is 0 Å². The molecule has 0 spiro atoms. The maximum atomic E-state index is 2.54. The number of nitrogens with zero attached hydrogens (tertiary/aromatic N) is 2. The van der Waals surface area contributed by atoms with Crippen LogP contribution in [0, 0.1) is 0 Å². The molecule has 0 saturated heterocycles. The molecule has 2 aliphatic heterocycles. The molecule has 0 bridgehead atoms. The molecule has 330 valence electrons. The van der Waals surface area contributed by atoms with E-state index in [1.54, 1.807) is 0 Å². The molecule has 2 nitrogen and oxygen atoms in total. The first-order chi connectivity index (χ1) is 33.7. The molecule has 10 aromatic carbocycles. The van der Waals surface area contributed by atoms with E-state index in [9.17, 15) is 0 Å². The van der Waals surface area contributed by atoms with Gasteiger partial charge in [-0.2, -0.15) is 0 Å². The van der Waals surface area contributed by atoms with E-state index >= 15 is 0 Å². The number of hydrogen-bond donors (Lipinski definition) is 0. The second-order valence-corrected chi connectivity index (χ2v) is 20.1. The van der Waals surface area contributed by atoms with E-state index in [1.807, 2.05) is 0 Å². The largest absolute Gasteiger partial charge is 0.310 e. The van der Waals surface area contributed by atoms with Crippen molar-refractivity contribution in [1.82, 2.24) is 0 Å². The molecule has 0 saturated carbocycles. The lowest BCUT2D eigenvalue weighted by Crippen LogP contribution is -2.38. The highest BCUT2D eigenvalue weighted by Gasteiger charge is 2.47. The first kappa shape index (κ1) is 41.0. The van der Waals surface area contributed by atoms with Crippen molar-refractivity contribution in [3.63, 3.8) is 0 Å². The van der Waals surface area contributed by atoms with Gasteiger partial charge in [-0.15, -0.1) is 0 Å². The molecule has 2 heteroatoms. The van der Waals surface area contributed by atoms with Crippen molar-refractivity contribution in [3.8, 4) is 33.4 Å². The summed E-state index contributed by atoms with van der Waals surface area (Å²) in [6.45, 7) is 9.61. The van der Waals surface area contributed by atoms with E-state index in [-0.39, 0.29) is 10.8 Å². The fourth-order valence-electron chi connectivity index (χ4n) is 12.3. The Labute approximate surface area is 406 Å². The summed E-state index contributed by atoms with van der Waals surface area (Å²) < 4.78 is 0. The van der Waals surface area contributed by atoms with Gasteiger partial charge in [-0.1, -0.05) is 210 Å². The monoisotopic (exact) mass is 884 g/mol. The predicted octanol–water partition coefficient (Wildman–Crippen LogP) is 17.6. The number of rotatable bonds is 7. The van der Waals surface area contributed by atoms with Crippen molar-refractivity contribution in [2.24, 2.45) is 0 Å². The van der Waals surface area contributed by atoms with Gasteiger partial charge in [0.05, 0.1) is 22.5 Å². The fourth-order valence-corrected chi connectivity index (χ4v) is 12.3. The Balaban J connectivity index is 0.984. The lowest BCUT2D eigenvalue weighted by atomic mass is 9.65. The van der Waals surface area contributed by atoms with E-state index in [0.717, 1.165) is 17.1 Å². The molecule has 13 rings (SSSR count). The summed E-state index contributed by atoms with van der Waals surface area (Å²) in [7, 11) is 0. The Bertz CT molecular complexity index is 3470. The summed E-state index contributed by atoms with van der Waals surface area (Å²) in [5, 5.41) is 0. The van der Waals surface area contributed by atoms with Crippen LogP contribution < -0.4 is 9.80 Å². The molecule has 10 aromatic rings. The summed E-state index contributed by atoms with van der Waals surface area (Å²) in [6.07, 6.45) is 0. The standard InChI is InChI=1S/C67H52N2/c1-65(2)57-28-16-18-30-62(57)69-63-31-19-17-29-58(63)66(3,4)61-43-48(42-60(65)64(61)69)47-34-38-52(39-35-47)68(51-36-32-46(33-37-51)45-20-8-5-9-21-45)53-40-41-55-54-26-14-15-27-56(54)67(59(55)44-53,49-22-10-6-11-23-49)50-24-12-7-13-25-50/h5-44H,1-4H3. The molecular formula is C67H52N2. The van der Waals surface area contributed by atoms with Gasteiger partial charge >= 0.3 is 0 Å².